The number of benzene rings is 1. The molecule has 100 valence electrons. The van der Waals surface area contributed by atoms with Crippen LogP contribution in [0.25, 0.3) is 5.65 Å². The van der Waals surface area contributed by atoms with E-state index in [4.69, 9.17) is 0 Å². The maximum atomic E-state index is 11.6. The predicted octanol–water partition coefficient (Wildman–Crippen LogP) is 1.83. The molecule has 2 N–H and O–H groups in total. The summed E-state index contributed by atoms with van der Waals surface area (Å²) in [5, 5.41) is 5.78. The largest absolute Gasteiger partial charge is 0.355 e. The molecule has 3 rings (SSSR count). The summed E-state index contributed by atoms with van der Waals surface area (Å²) < 4.78 is 1.87. The summed E-state index contributed by atoms with van der Waals surface area (Å²) in [7, 11) is 1.61. The Hall–Kier alpha value is -2.89. The van der Waals surface area contributed by atoms with Gasteiger partial charge in [0.2, 0.25) is 0 Å². The standard InChI is InChI=1S/C14H13N5O/c1-15-14(20)10-3-2-4-11(9-10)18-12-13-17-6-8-19(13)7-5-16-12/h2-9H,1H3,(H,15,20)(H,16,18). The molecule has 0 atom stereocenters. The molecule has 1 aromatic carbocycles. The topological polar surface area (TPSA) is 71.3 Å². The molecular formula is C14H13N5O. The molecule has 2 aromatic heterocycles. The molecule has 0 saturated heterocycles. The number of hydrogen-bond donors (Lipinski definition) is 2. The van der Waals surface area contributed by atoms with E-state index >= 15 is 0 Å². The minimum atomic E-state index is -0.124. The Labute approximate surface area is 115 Å². The van der Waals surface area contributed by atoms with E-state index in [2.05, 4.69) is 20.6 Å². The van der Waals surface area contributed by atoms with Gasteiger partial charge in [0, 0.05) is 43.1 Å². The maximum Gasteiger partial charge on any atom is 0.251 e. The van der Waals surface area contributed by atoms with E-state index in [1.54, 1.807) is 31.6 Å². The van der Waals surface area contributed by atoms with Gasteiger partial charge >= 0.3 is 0 Å². The summed E-state index contributed by atoms with van der Waals surface area (Å²) in [6, 6.07) is 7.22. The van der Waals surface area contributed by atoms with E-state index in [9.17, 15) is 4.79 Å². The predicted molar refractivity (Wildman–Crippen MR) is 76.1 cm³/mol. The Balaban J connectivity index is 1.95. The van der Waals surface area contributed by atoms with Crippen molar-refractivity contribution >= 4 is 23.1 Å². The number of hydrogen-bond acceptors (Lipinski definition) is 4. The molecular weight excluding hydrogens is 254 g/mol. The van der Waals surface area contributed by atoms with Crippen LogP contribution in [0.4, 0.5) is 11.5 Å². The average Bonchev–Trinajstić information content (AvgIpc) is 2.96. The molecule has 2 heterocycles. The van der Waals surface area contributed by atoms with E-state index in [-0.39, 0.29) is 5.91 Å². The van der Waals surface area contributed by atoms with Crippen molar-refractivity contribution in [3.05, 3.63) is 54.6 Å². The third-order valence-electron chi connectivity index (χ3n) is 2.93. The fourth-order valence-corrected chi connectivity index (χ4v) is 1.96. The van der Waals surface area contributed by atoms with E-state index in [1.807, 2.05) is 28.9 Å². The van der Waals surface area contributed by atoms with Crippen molar-refractivity contribution in [3.63, 3.8) is 0 Å². The van der Waals surface area contributed by atoms with Gasteiger partial charge in [0.05, 0.1) is 0 Å². The molecule has 0 aliphatic carbocycles. The normalized spacial score (nSPS) is 10.4. The molecule has 0 radical (unpaired) electrons. The highest BCUT2D eigenvalue weighted by atomic mass is 16.1. The molecule has 6 nitrogen and oxygen atoms in total. The monoisotopic (exact) mass is 267 g/mol. The Bertz CT molecular complexity index is 765. The smallest absolute Gasteiger partial charge is 0.251 e. The Morgan fingerprint density at radius 1 is 1.20 bits per heavy atom. The van der Waals surface area contributed by atoms with Gasteiger partial charge in [-0.1, -0.05) is 6.07 Å². The zero-order chi connectivity index (χ0) is 13.9. The molecule has 3 aromatic rings. The zero-order valence-corrected chi connectivity index (χ0v) is 10.9. The van der Waals surface area contributed by atoms with E-state index in [1.165, 1.54) is 0 Å². The molecule has 0 unspecified atom stereocenters. The van der Waals surface area contributed by atoms with Crippen molar-refractivity contribution in [1.29, 1.82) is 0 Å². The Morgan fingerprint density at radius 2 is 2.00 bits per heavy atom. The highest BCUT2D eigenvalue weighted by molar-refractivity contribution is 5.95. The number of rotatable bonds is 3. The summed E-state index contributed by atoms with van der Waals surface area (Å²) in [4.78, 5) is 20.1. The van der Waals surface area contributed by atoms with Gasteiger partial charge in [-0.25, -0.2) is 9.97 Å². The van der Waals surface area contributed by atoms with Gasteiger partial charge in [0.15, 0.2) is 11.5 Å². The number of aromatic nitrogens is 3. The van der Waals surface area contributed by atoms with E-state index in [0.29, 0.717) is 11.4 Å². The van der Waals surface area contributed by atoms with Crippen LogP contribution in [0.15, 0.2) is 49.1 Å². The fourth-order valence-electron chi connectivity index (χ4n) is 1.96. The first kappa shape index (κ1) is 12.2. The second-order valence-corrected chi connectivity index (χ2v) is 4.22. The molecule has 20 heavy (non-hydrogen) atoms. The number of imidazole rings is 1. The first-order valence-electron chi connectivity index (χ1n) is 6.15. The van der Waals surface area contributed by atoms with Crippen molar-refractivity contribution in [1.82, 2.24) is 19.7 Å². The van der Waals surface area contributed by atoms with Crippen molar-refractivity contribution in [2.45, 2.75) is 0 Å². The number of fused-ring (bicyclic) bond motifs is 1. The lowest BCUT2D eigenvalue weighted by atomic mass is 10.2. The molecule has 0 spiro atoms. The van der Waals surface area contributed by atoms with Crippen LogP contribution in [-0.2, 0) is 0 Å². The van der Waals surface area contributed by atoms with Gasteiger partial charge in [0.25, 0.3) is 5.91 Å². The average molecular weight is 267 g/mol. The van der Waals surface area contributed by atoms with Gasteiger partial charge in [-0.05, 0) is 18.2 Å². The summed E-state index contributed by atoms with van der Waals surface area (Å²) in [5.41, 5.74) is 2.11. The molecule has 1 amide bonds. The molecule has 0 bridgehead atoms. The first-order chi connectivity index (χ1) is 9.78. The molecule has 0 aliphatic heterocycles. The number of nitrogens with zero attached hydrogens (tertiary/aromatic N) is 3. The number of anilines is 2. The number of amides is 1. The Morgan fingerprint density at radius 3 is 2.80 bits per heavy atom. The summed E-state index contributed by atoms with van der Waals surface area (Å²) in [6.07, 6.45) is 7.08. The minimum absolute atomic E-state index is 0.124. The number of nitrogens with one attached hydrogen (secondary N) is 2. The van der Waals surface area contributed by atoms with Crippen LogP contribution >= 0.6 is 0 Å². The SMILES string of the molecule is CNC(=O)c1cccc(Nc2nccn3ccnc23)c1. The van der Waals surface area contributed by atoms with Crippen LogP contribution in [-0.4, -0.2) is 27.3 Å². The van der Waals surface area contributed by atoms with E-state index < -0.39 is 0 Å². The summed E-state index contributed by atoms with van der Waals surface area (Å²) >= 11 is 0. The molecule has 0 fully saturated rings. The van der Waals surface area contributed by atoms with Gasteiger partial charge in [-0.15, -0.1) is 0 Å². The van der Waals surface area contributed by atoms with Crippen LogP contribution in [0.2, 0.25) is 0 Å². The maximum absolute atomic E-state index is 11.6. The van der Waals surface area contributed by atoms with Crippen LogP contribution in [0.3, 0.4) is 0 Å². The highest BCUT2D eigenvalue weighted by Crippen LogP contribution is 2.19. The lowest BCUT2D eigenvalue weighted by Crippen LogP contribution is -2.17. The van der Waals surface area contributed by atoms with Crippen LogP contribution < -0.4 is 10.6 Å². The van der Waals surface area contributed by atoms with Crippen LogP contribution in [0.1, 0.15) is 10.4 Å². The fraction of sp³-hybridized carbons (Fsp3) is 0.0714. The van der Waals surface area contributed by atoms with E-state index in [0.717, 1.165) is 11.3 Å². The van der Waals surface area contributed by atoms with Gasteiger partial charge < -0.3 is 15.0 Å². The van der Waals surface area contributed by atoms with Crippen LogP contribution in [0.5, 0.6) is 0 Å². The summed E-state index contributed by atoms with van der Waals surface area (Å²) in [5.74, 6) is 0.521. The van der Waals surface area contributed by atoms with Crippen molar-refractivity contribution < 1.29 is 4.79 Å². The van der Waals surface area contributed by atoms with Crippen molar-refractivity contribution in [3.8, 4) is 0 Å². The van der Waals surface area contributed by atoms with Crippen molar-refractivity contribution in [2.24, 2.45) is 0 Å². The second-order valence-electron chi connectivity index (χ2n) is 4.22. The van der Waals surface area contributed by atoms with Gasteiger partial charge in [-0.3, -0.25) is 4.79 Å². The lowest BCUT2D eigenvalue weighted by Gasteiger charge is -2.08. The quantitative estimate of drug-likeness (QED) is 0.759. The number of carbonyl (C=O) groups excluding carboxylic acids is 1. The third kappa shape index (κ3) is 2.18. The molecule has 0 aliphatic rings. The second kappa shape index (κ2) is 5.00. The van der Waals surface area contributed by atoms with Crippen LogP contribution in [0, 0.1) is 0 Å². The molecule has 6 heteroatoms. The molecule has 0 saturated carbocycles. The Kier molecular flexibility index (Phi) is 3.04. The third-order valence-corrected chi connectivity index (χ3v) is 2.93. The van der Waals surface area contributed by atoms with Gasteiger partial charge in [-0.2, -0.15) is 0 Å². The van der Waals surface area contributed by atoms with Crippen molar-refractivity contribution in [2.75, 3.05) is 12.4 Å². The first-order valence-corrected chi connectivity index (χ1v) is 6.15. The highest BCUT2D eigenvalue weighted by Gasteiger charge is 2.07. The van der Waals surface area contributed by atoms with Gasteiger partial charge in [0.1, 0.15) is 0 Å². The number of carbonyl (C=O) groups is 1. The zero-order valence-electron chi connectivity index (χ0n) is 10.9. The summed E-state index contributed by atoms with van der Waals surface area (Å²) in [6.45, 7) is 0. The minimum Gasteiger partial charge on any atom is -0.355 e. The lowest BCUT2D eigenvalue weighted by molar-refractivity contribution is 0.0963.